The summed E-state index contributed by atoms with van der Waals surface area (Å²) in [7, 11) is 0. The minimum absolute atomic E-state index is 0.129. The number of para-hydroxylation sites is 1. The Morgan fingerprint density at radius 3 is 2.95 bits per heavy atom. The second-order valence-electron chi connectivity index (χ2n) is 4.83. The van der Waals surface area contributed by atoms with E-state index in [2.05, 4.69) is 20.2 Å². The first-order valence-corrected chi connectivity index (χ1v) is 6.58. The summed E-state index contributed by atoms with van der Waals surface area (Å²) in [6, 6.07) is 13.5. The number of aliphatic imine (C=N–C) groups is 1. The fourth-order valence-electron chi connectivity index (χ4n) is 2.43. The summed E-state index contributed by atoms with van der Waals surface area (Å²) in [4.78, 5) is 7.38. The van der Waals surface area contributed by atoms with Crippen molar-refractivity contribution in [2.45, 2.75) is 0 Å². The number of fused-ring (bicyclic) bond motifs is 2. The first kappa shape index (κ1) is 11.7. The fourth-order valence-corrected chi connectivity index (χ4v) is 2.43. The molecule has 0 spiro atoms. The third-order valence-corrected chi connectivity index (χ3v) is 3.49. The van der Waals surface area contributed by atoms with E-state index in [0.29, 0.717) is 5.56 Å². The third-order valence-electron chi connectivity index (χ3n) is 3.49. The lowest BCUT2D eigenvalue weighted by molar-refractivity contribution is 0.457. The van der Waals surface area contributed by atoms with Gasteiger partial charge in [0.2, 0.25) is 0 Å². The van der Waals surface area contributed by atoms with E-state index in [9.17, 15) is 5.11 Å². The second-order valence-corrected chi connectivity index (χ2v) is 4.83. The van der Waals surface area contributed by atoms with Crippen molar-refractivity contribution in [3.63, 3.8) is 0 Å². The van der Waals surface area contributed by atoms with Crippen molar-refractivity contribution in [3.05, 3.63) is 54.2 Å². The molecule has 4 aromatic rings. The van der Waals surface area contributed by atoms with Gasteiger partial charge in [-0.1, -0.05) is 18.2 Å². The Bertz CT molecular complexity index is 965. The van der Waals surface area contributed by atoms with Gasteiger partial charge in [0, 0.05) is 22.5 Å². The van der Waals surface area contributed by atoms with E-state index < -0.39 is 0 Å². The summed E-state index contributed by atoms with van der Waals surface area (Å²) < 4.78 is 0. The number of nitrogens with zero attached hydrogens (tertiary/aromatic N) is 2. The molecule has 102 valence electrons. The molecule has 0 unspecified atom stereocenters. The van der Waals surface area contributed by atoms with Gasteiger partial charge in [0.1, 0.15) is 0 Å². The first-order valence-electron chi connectivity index (χ1n) is 6.58. The van der Waals surface area contributed by atoms with Crippen molar-refractivity contribution < 1.29 is 5.11 Å². The molecule has 0 radical (unpaired) electrons. The number of hydrogen-bond donors (Lipinski definition) is 3. The van der Waals surface area contributed by atoms with Crippen molar-refractivity contribution in [3.8, 4) is 5.88 Å². The van der Waals surface area contributed by atoms with E-state index in [0.717, 1.165) is 27.5 Å². The smallest absolute Gasteiger partial charge is 0.198 e. The Hall–Kier alpha value is -3.08. The van der Waals surface area contributed by atoms with Crippen LogP contribution >= 0.6 is 0 Å². The third kappa shape index (κ3) is 1.95. The predicted molar refractivity (Wildman–Crippen MR) is 83.3 cm³/mol. The highest BCUT2D eigenvalue weighted by atomic mass is 16.3. The normalized spacial score (nSPS) is 11.8. The Labute approximate surface area is 120 Å². The van der Waals surface area contributed by atoms with Crippen LogP contribution in [0.1, 0.15) is 5.56 Å². The van der Waals surface area contributed by atoms with Gasteiger partial charge in [0.15, 0.2) is 5.88 Å². The van der Waals surface area contributed by atoms with Crippen molar-refractivity contribution in [1.82, 2.24) is 15.2 Å². The van der Waals surface area contributed by atoms with Crippen LogP contribution in [0.15, 0.2) is 53.7 Å². The minimum Gasteiger partial charge on any atom is -0.494 e. The Balaban J connectivity index is 1.77. The van der Waals surface area contributed by atoms with E-state index in [1.807, 2.05) is 42.5 Å². The molecule has 0 saturated heterocycles. The van der Waals surface area contributed by atoms with Crippen molar-refractivity contribution in [1.29, 1.82) is 0 Å². The van der Waals surface area contributed by atoms with Crippen LogP contribution in [0.5, 0.6) is 5.88 Å². The molecule has 0 atom stereocenters. The van der Waals surface area contributed by atoms with Crippen LogP contribution in [0.3, 0.4) is 0 Å². The van der Waals surface area contributed by atoms with Gasteiger partial charge in [-0.25, -0.2) is 0 Å². The summed E-state index contributed by atoms with van der Waals surface area (Å²) in [5, 5.41) is 18.8. The van der Waals surface area contributed by atoms with Crippen molar-refractivity contribution in [2.24, 2.45) is 4.99 Å². The number of rotatable bonds is 2. The van der Waals surface area contributed by atoms with Crippen LogP contribution < -0.4 is 0 Å². The molecule has 2 heterocycles. The quantitative estimate of drug-likeness (QED) is 0.490. The first-order chi connectivity index (χ1) is 10.3. The lowest BCUT2D eigenvalue weighted by Crippen LogP contribution is -1.78. The van der Waals surface area contributed by atoms with Crippen LogP contribution in [0.25, 0.3) is 21.8 Å². The highest BCUT2D eigenvalue weighted by molar-refractivity contribution is 6.02. The van der Waals surface area contributed by atoms with Gasteiger partial charge in [-0.05, 0) is 24.3 Å². The highest BCUT2D eigenvalue weighted by Crippen LogP contribution is 2.26. The van der Waals surface area contributed by atoms with Gasteiger partial charge in [0.25, 0.3) is 0 Å². The molecule has 3 N–H and O–H groups in total. The van der Waals surface area contributed by atoms with Crippen molar-refractivity contribution in [2.75, 3.05) is 0 Å². The number of benzene rings is 2. The van der Waals surface area contributed by atoms with Gasteiger partial charge < -0.3 is 10.1 Å². The molecule has 5 nitrogen and oxygen atoms in total. The number of hydrogen-bond acceptors (Lipinski definition) is 3. The molecule has 4 rings (SSSR count). The summed E-state index contributed by atoms with van der Waals surface area (Å²) in [6.45, 7) is 0. The van der Waals surface area contributed by atoms with Gasteiger partial charge in [0.05, 0.1) is 23.0 Å². The lowest BCUT2D eigenvalue weighted by atomic mass is 10.2. The summed E-state index contributed by atoms with van der Waals surface area (Å²) in [6.07, 6.45) is 3.44. The Kier molecular flexibility index (Phi) is 2.50. The molecule has 0 amide bonds. The zero-order chi connectivity index (χ0) is 14.2. The molecule has 0 aliphatic rings. The zero-order valence-corrected chi connectivity index (χ0v) is 11.0. The molecule has 0 aliphatic carbocycles. The molecule has 5 heteroatoms. The van der Waals surface area contributed by atoms with E-state index >= 15 is 0 Å². The molecule has 0 saturated carbocycles. The number of aromatic hydroxyl groups is 1. The van der Waals surface area contributed by atoms with E-state index in [1.165, 1.54) is 0 Å². The molecule has 2 aromatic heterocycles. The number of aromatic nitrogens is 3. The Morgan fingerprint density at radius 2 is 2.00 bits per heavy atom. The molecule has 0 aliphatic heterocycles. The number of H-pyrrole nitrogens is 2. The van der Waals surface area contributed by atoms with Crippen LogP contribution in [-0.4, -0.2) is 26.5 Å². The summed E-state index contributed by atoms with van der Waals surface area (Å²) in [5.74, 6) is 0.129. The molecule has 2 aromatic carbocycles. The van der Waals surface area contributed by atoms with Gasteiger partial charge >= 0.3 is 0 Å². The summed E-state index contributed by atoms with van der Waals surface area (Å²) >= 11 is 0. The van der Waals surface area contributed by atoms with E-state index in [1.54, 1.807) is 12.4 Å². The van der Waals surface area contributed by atoms with E-state index in [4.69, 9.17) is 0 Å². The maximum atomic E-state index is 9.99. The predicted octanol–water partition coefficient (Wildman–Crippen LogP) is 3.50. The van der Waals surface area contributed by atoms with Gasteiger partial charge in [-0.2, -0.15) is 5.10 Å². The zero-order valence-electron chi connectivity index (χ0n) is 11.0. The van der Waals surface area contributed by atoms with Gasteiger partial charge in [-0.15, -0.1) is 0 Å². The summed E-state index contributed by atoms with van der Waals surface area (Å²) in [5.41, 5.74) is 3.37. The SMILES string of the molecule is Oc1[nH]c2ccccc2c1C=Nc1ccc2[nH]ncc2c1. The average molecular weight is 276 g/mol. The van der Waals surface area contributed by atoms with Crippen molar-refractivity contribution >= 4 is 33.7 Å². The number of aromatic amines is 2. The molecule has 0 bridgehead atoms. The molecular weight excluding hydrogens is 264 g/mol. The lowest BCUT2D eigenvalue weighted by Gasteiger charge is -1.95. The Morgan fingerprint density at radius 1 is 1.10 bits per heavy atom. The van der Waals surface area contributed by atoms with Crippen LogP contribution in [0.4, 0.5) is 5.69 Å². The molecule has 21 heavy (non-hydrogen) atoms. The van der Waals surface area contributed by atoms with Crippen LogP contribution in [0.2, 0.25) is 0 Å². The van der Waals surface area contributed by atoms with Crippen LogP contribution in [-0.2, 0) is 0 Å². The van der Waals surface area contributed by atoms with Gasteiger partial charge in [-0.3, -0.25) is 10.1 Å². The van der Waals surface area contributed by atoms with E-state index in [-0.39, 0.29) is 5.88 Å². The topological polar surface area (TPSA) is 77.1 Å². The maximum absolute atomic E-state index is 9.99. The molecular formula is C16H12N4O. The van der Waals surface area contributed by atoms with Crippen LogP contribution in [0, 0.1) is 0 Å². The second kappa shape index (κ2) is 4.49. The number of nitrogens with one attached hydrogen (secondary N) is 2. The largest absolute Gasteiger partial charge is 0.494 e. The maximum Gasteiger partial charge on any atom is 0.198 e. The monoisotopic (exact) mass is 276 g/mol. The standard InChI is InChI=1S/C16H12N4O/c21-16-13(12-3-1-2-4-15(12)19-16)9-17-11-5-6-14-10(7-11)8-18-20-14/h1-9,19,21H,(H,18,20). The highest BCUT2D eigenvalue weighted by Gasteiger charge is 2.07. The fraction of sp³-hybridized carbons (Fsp3) is 0. The molecule has 0 fully saturated rings. The minimum atomic E-state index is 0.129. The average Bonchev–Trinajstić information content (AvgIpc) is 3.08.